The van der Waals surface area contributed by atoms with Crippen molar-refractivity contribution in [3.05, 3.63) is 29.6 Å². The summed E-state index contributed by atoms with van der Waals surface area (Å²) < 4.78 is 2.08. The van der Waals surface area contributed by atoms with Gasteiger partial charge in [0, 0.05) is 7.05 Å². The number of halogens is 1. The van der Waals surface area contributed by atoms with Gasteiger partial charge in [-0.2, -0.15) is 0 Å². The molecule has 1 unspecified atom stereocenters. The molecule has 0 fully saturated rings. The third-order valence-electron chi connectivity index (χ3n) is 2.86. The van der Waals surface area contributed by atoms with Crippen LogP contribution >= 0.6 is 11.6 Å². The molecule has 0 aliphatic heterocycles. The zero-order valence-corrected chi connectivity index (χ0v) is 10.8. The van der Waals surface area contributed by atoms with Gasteiger partial charge in [-0.3, -0.25) is 4.90 Å². The Morgan fingerprint density at radius 3 is 2.69 bits per heavy atom. The van der Waals surface area contributed by atoms with Crippen molar-refractivity contribution in [1.29, 1.82) is 0 Å². The van der Waals surface area contributed by atoms with Crippen molar-refractivity contribution >= 4 is 22.6 Å². The summed E-state index contributed by atoms with van der Waals surface area (Å²) in [5.41, 5.74) is 3.12. The van der Waals surface area contributed by atoms with E-state index in [2.05, 4.69) is 27.8 Å². The number of hydrogen-bond acceptors (Lipinski definition) is 2. The third kappa shape index (κ3) is 1.81. The highest BCUT2D eigenvalue weighted by Crippen LogP contribution is 2.25. The molecule has 0 bridgehead atoms. The number of aryl methyl sites for hydroxylation is 2. The highest BCUT2D eigenvalue weighted by Gasteiger charge is 2.12. The Morgan fingerprint density at radius 2 is 2.06 bits per heavy atom. The van der Waals surface area contributed by atoms with E-state index >= 15 is 0 Å². The van der Waals surface area contributed by atoms with Gasteiger partial charge in [0.15, 0.2) is 0 Å². The number of imidazole rings is 1. The SMILES string of the molecule is Cc1nc2cc(C(Cl)N(C)C)ccc2n1C. The largest absolute Gasteiger partial charge is 0.331 e. The average molecular weight is 238 g/mol. The van der Waals surface area contributed by atoms with Crippen LogP contribution in [0.5, 0.6) is 0 Å². The molecule has 1 aromatic heterocycles. The van der Waals surface area contributed by atoms with E-state index in [0.717, 1.165) is 22.4 Å². The summed E-state index contributed by atoms with van der Waals surface area (Å²) in [6, 6.07) is 6.19. The molecular weight excluding hydrogens is 222 g/mol. The second kappa shape index (κ2) is 4.07. The quantitative estimate of drug-likeness (QED) is 0.592. The predicted molar refractivity (Wildman–Crippen MR) is 67.7 cm³/mol. The van der Waals surface area contributed by atoms with Gasteiger partial charge in [-0.25, -0.2) is 4.98 Å². The van der Waals surface area contributed by atoms with Crippen LogP contribution in [-0.4, -0.2) is 28.5 Å². The van der Waals surface area contributed by atoms with Crippen LogP contribution < -0.4 is 0 Å². The number of hydrogen-bond donors (Lipinski definition) is 0. The second-order valence-electron chi connectivity index (χ2n) is 4.27. The zero-order valence-electron chi connectivity index (χ0n) is 10.0. The fourth-order valence-electron chi connectivity index (χ4n) is 1.78. The summed E-state index contributed by atoms with van der Waals surface area (Å²) in [5, 5.41) is 0. The molecule has 0 radical (unpaired) electrons. The normalized spacial score (nSPS) is 13.6. The summed E-state index contributed by atoms with van der Waals surface area (Å²) in [4.78, 5) is 6.47. The topological polar surface area (TPSA) is 21.1 Å². The van der Waals surface area contributed by atoms with Crippen LogP contribution in [0.2, 0.25) is 0 Å². The molecule has 4 heteroatoms. The van der Waals surface area contributed by atoms with Crippen LogP contribution in [0, 0.1) is 6.92 Å². The lowest BCUT2D eigenvalue weighted by Gasteiger charge is -2.17. The van der Waals surface area contributed by atoms with Crippen LogP contribution in [0.3, 0.4) is 0 Å². The van der Waals surface area contributed by atoms with Gasteiger partial charge < -0.3 is 4.57 Å². The third-order valence-corrected chi connectivity index (χ3v) is 3.50. The molecule has 1 aromatic carbocycles. The Morgan fingerprint density at radius 1 is 1.38 bits per heavy atom. The van der Waals surface area contributed by atoms with Crippen LogP contribution in [0.1, 0.15) is 16.9 Å². The first-order chi connectivity index (χ1) is 7.50. The Labute approximate surface area is 101 Å². The van der Waals surface area contributed by atoms with Crippen molar-refractivity contribution < 1.29 is 0 Å². The first-order valence-corrected chi connectivity index (χ1v) is 5.68. The molecule has 0 amide bonds. The van der Waals surface area contributed by atoms with Gasteiger partial charge in [-0.15, -0.1) is 11.6 Å². The maximum Gasteiger partial charge on any atom is 0.110 e. The zero-order chi connectivity index (χ0) is 11.9. The van der Waals surface area contributed by atoms with E-state index in [4.69, 9.17) is 11.6 Å². The average Bonchev–Trinajstić information content (AvgIpc) is 2.53. The van der Waals surface area contributed by atoms with Gasteiger partial charge >= 0.3 is 0 Å². The van der Waals surface area contributed by atoms with Crippen molar-refractivity contribution in [3.63, 3.8) is 0 Å². The summed E-state index contributed by atoms with van der Waals surface area (Å²) >= 11 is 6.28. The van der Waals surface area contributed by atoms with Crippen molar-refractivity contribution in [2.24, 2.45) is 7.05 Å². The Hall–Kier alpha value is -1.06. The lowest BCUT2D eigenvalue weighted by Crippen LogP contribution is -2.14. The molecule has 2 rings (SSSR count). The molecule has 86 valence electrons. The van der Waals surface area contributed by atoms with E-state index in [1.54, 1.807) is 0 Å². The standard InChI is InChI=1S/C12H16ClN3/c1-8-14-10-7-9(12(13)15(2)3)5-6-11(10)16(8)4/h5-7,12H,1-4H3. The lowest BCUT2D eigenvalue weighted by molar-refractivity contribution is 0.385. The molecule has 0 spiro atoms. The Kier molecular flexibility index (Phi) is 2.91. The van der Waals surface area contributed by atoms with E-state index < -0.39 is 0 Å². The molecule has 3 nitrogen and oxygen atoms in total. The number of benzene rings is 1. The Bertz CT molecular complexity index is 516. The maximum absolute atomic E-state index is 6.28. The van der Waals surface area contributed by atoms with Gasteiger partial charge in [0.1, 0.15) is 11.3 Å². The van der Waals surface area contributed by atoms with Crippen molar-refractivity contribution in [1.82, 2.24) is 14.5 Å². The molecule has 1 atom stereocenters. The number of alkyl halides is 1. The van der Waals surface area contributed by atoms with Crippen LogP contribution in [0.15, 0.2) is 18.2 Å². The number of nitrogens with zero attached hydrogens (tertiary/aromatic N) is 3. The first kappa shape index (κ1) is 11.4. The van der Waals surface area contributed by atoms with Gasteiger partial charge in [-0.05, 0) is 38.7 Å². The van der Waals surface area contributed by atoms with E-state index in [1.807, 2.05) is 33.0 Å². The molecule has 0 N–H and O–H groups in total. The van der Waals surface area contributed by atoms with E-state index in [9.17, 15) is 0 Å². The van der Waals surface area contributed by atoms with Gasteiger partial charge in [-0.1, -0.05) is 6.07 Å². The van der Waals surface area contributed by atoms with Crippen LogP contribution in [-0.2, 0) is 7.05 Å². The molecule has 2 aromatic rings. The molecular formula is C12H16ClN3. The summed E-state index contributed by atoms with van der Waals surface area (Å²) in [6.07, 6.45) is 0. The summed E-state index contributed by atoms with van der Waals surface area (Å²) in [7, 11) is 5.95. The minimum atomic E-state index is -0.105. The number of fused-ring (bicyclic) bond motifs is 1. The minimum absolute atomic E-state index is 0.105. The predicted octanol–water partition coefficient (Wildman–Crippen LogP) is 2.68. The molecule has 0 saturated carbocycles. The number of rotatable bonds is 2. The maximum atomic E-state index is 6.28. The van der Waals surface area contributed by atoms with Crippen LogP contribution in [0.4, 0.5) is 0 Å². The monoisotopic (exact) mass is 237 g/mol. The van der Waals surface area contributed by atoms with Gasteiger partial charge in [0.05, 0.1) is 11.0 Å². The van der Waals surface area contributed by atoms with Gasteiger partial charge in [0.2, 0.25) is 0 Å². The van der Waals surface area contributed by atoms with Crippen molar-refractivity contribution in [2.75, 3.05) is 14.1 Å². The van der Waals surface area contributed by atoms with Gasteiger partial charge in [0.25, 0.3) is 0 Å². The van der Waals surface area contributed by atoms with E-state index in [1.165, 1.54) is 0 Å². The Balaban J connectivity index is 2.52. The van der Waals surface area contributed by atoms with Crippen LogP contribution in [0.25, 0.3) is 11.0 Å². The van der Waals surface area contributed by atoms with Crippen molar-refractivity contribution in [3.8, 4) is 0 Å². The molecule has 0 aliphatic carbocycles. The smallest absolute Gasteiger partial charge is 0.110 e. The molecule has 16 heavy (non-hydrogen) atoms. The molecule has 1 heterocycles. The molecule has 0 aliphatic rings. The second-order valence-corrected chi connectivity index (χ2v) is 4.68. The summed E-state index contributed by atoms with van der Waals surface area (Å²) in [6.45, 7) is 2.00. The highest BCUT2D eigenvalue weighted by molar-refractivity contribution is 6.20. The lowest BCUT2D eigenvalue weighted by atomic mass is 10.2. The minimum Gasteiger partial charge on any atom is -0.331 e. The first-order valence-electron chi connectivity index (χ1n) is 5.24. The fourth-order valence-corrected chi connectivity index (χ4v) is 1.92. The highest BCUT2D eigenvalue weighted by atomic mass is 35.5. The number of aromatic nitrogens is 2. The van der Waals surface area contributed by atoms with E-state index in [0.29, 0.717) is 0 Å². The summed E-state index contributed by atoms with van der Waals surface area (Å²) in [5.74, 6) is 1.02. The van der Waals surface area contributed by atoms with E-state index in [-0.39, 0.29) is 5.50 Å². The fraction of sp³-hybridized carbons (Fsp3) is 0.417. The van der Waals surface area contributed by atoms with Crippen molar-refractivity contribution in [2.45, 2.75) is 12.4 Å². The molecule has 0 saturated heterocycles.